The van der Waals surface area contributed by atoms with E-state index < -0.39 is 0 Å². The number of fused-ring (bicyclic) bond motifs is 7. The van der Waals surface area contributed by atoms with E-state index >= 15 is 0 Å². The van der Waals surface area contributed by atoms with Crippen LogP contribution in [-0.2, 0) is 5.41 Å². The highest BCUT2D eigenvalue weighted by molar-refractivity contribution is 6.21. The van der Waals surface area contributed by atoms with Crippen molar-refractivity contribution in [3.8, 4) is 39.1 Å². The van der Waals surface area contributed by atoms with Gasteiger partial charge in [0.1, 0.15) is 0 Å². The number of nitrogens with zero attached hydrogens (tertiary/aromatic N) is 1. The third-order valence-corrected chi connectivity index (χ3v) is 9.49. The van der Waals surface area contributed by atoms with Crippen molar-refractivity contribution >= 4 is 33.6 Å². The van der Waals surface area contributed by atoms with Gasteiger partial charge in [0.15, 0.2) is 0 Å². The predicted molar refractivity (Wildman–Crippen MR) is 188 cm³/mol. The van der Waals surface area contributed by atoms with E-state index in [2.05, 4.69) is 152 Å². The fourth-order valence-electron chi connectivity index (χ4n) is 7.39. The van der Waals surface area contributed by atoms with Gasteiger partial charge in [0, 0.05) is 38.7 Å². The Kier molecular flexibility index (Phi) is 5.89. The zero-order valence-corrected chi connectivity index (χ0v) is 25.3. The smallest absolute Gasteiger partial charge is 0.0625 e. The van der Waals surface area contributed by atoms with E-state index in [1.165, 1.54) is 55.2 Å². The minimum Gasteiger partial charge on any atom is -0.398 e. The molecule has 212 valence electrons. The second-order valence-corrected chi connectivity index (χ2v) is 12.3. The Morgan fingerprint density at radius 1 is 0.636 bits per heavy atom. The molecule has 0 atom stereocenters. The average Bonchev–Trinajstić information content (AvgIpc) is 3.52. The van der Waals surface area contributed by atoms with Gasteiger partial charge in [0.25, 0.3) is 0 Å². The molecular formula is C42H34N2. The highest BCUT2D eigenvalue weighted by Crippen LogP contribution is 2.55. The molecule has 0 unspecified atom stereocenters. The Bertz CT molecular complexity index is 2250. The van der Waals surface area contributed by atoms with E-state index in [1.54, 1.807) is 0 Å². The molecule has 44 heavy (non-hydrogen) atoms. The first-order valence-electron chi connectivity index (χ1n) is 15.4. The van der Waals surface area contributed by atoms with Gasteiger partial charge in [0.2, 0.25) is 0 Å². The molecule has 1 aromatic heterocycles. The number of nitrogen functional groups attached to an aromatic ring is 1. The zero-order chi connectivity index (χ0) is 30.0. The van der Waals surface area contributed by atoms with Gasteiger partial charge >= 0.3 is 0 Å². The van der Waals surface area contributed by atoms with Crippen LogP contribution >= 0.6 is 0 Å². The molecule has 0 saturated heterocycles. The fraction of sp³-hybridized carbons (Fsp3) is 0.0952. The van der Waals surface area contributed by atoms with Gasteiger partial charge < -0.3 is 10.3 Å². The number of aromatic nitrogens is 1. The summed E-state index contributed by atoms with van der Waals surface area (Å²) in [5.41, 5.74) is 22.1. The van der Waals surface area contributed by atoms with Gasteiger partial charge in [0.05, 0.1) is 11.0 Å². The molecule has 0 spiro atoms. The number of rotatable bonds is 4. The fourth-order valence-corrected chi connectivity index (χ4v) is 7.39. The van der Waals surface area contributed by atoms with Gasteiger partial charge in [-0.25, -0.2) is 0 Å². The van der Waals surface area contributed by atoms with Crippen molar-refractivity contribution in [2.45, 2.75) is 26.2 Å². The quantitative estimate of drug-likeness (QED) is 0.211. The van der Waals surface area contributed by atoms with Crippen molar-refractivity contribution < 1.29 is 0 Å². The maximum absolute atomic E-state index is 6.63. The van der Waals surface area contributed by atoms with E-state index in [1.807, 2.05) is 13.0 Å². The van der Waals surface area contributed by atoms with Gasteiger partial charge in [-0.15, -0.1) is 0 Å². The summed E-state index contributed by atoms with van der Waals surface area (Å²) < 4.78 is 2.46. The monoisotopic (exact) mass is 566 g/mol. The molecule has 0 radical (unpaired) electrons. The molecule has 2 N–H and O–H groups in total. The summed E-state index contributed by atoms with van der Waals surface area (Å²) in [5.74, 6) is 0. The molecule has 0 fully saturated rings. The maximum Gasteiger partial charge on any atom is 0.0625 e. The highest BCUT2D eigenvalue weighted by atomic mass is 15.0. The average molecular weight is 567 g/mol. The molecule has 0 saturated carbocycles. The van der Waals surface area contributed by atoms with Crippen LogP contribution in [0.5, 0.6) is 0 Å². The van der Waals surface area contributed by atoms with Crippen molar-refractivity contribution in [1.29, 1.82) is 0 Å². The van der Waals surface area contributed by atoms with E-state index in [4.69, 9.17) is 5.73 Å². The molecule has 6 aromatic carbocycles. The van der Waals surface area contributed by atoms with Crippen LogP contribution in [0.3, 0.4) is 0 Å². The molecular weight excluding hydrogens is 532 g/mol. The Morgan fingerprint density at radius 2 is 1.30 bits per heavy atom. The summed E-state index contributed by atoms with van der Waals surface area (Å²) in [6.45, 7) is 6.76. The van der Waals surface area contributed by atoms with Gasteiger partial charge in [-0.2, -0.15) is 0 Å². The Morgan fingerprint density at radius 3 is 2.07 bits per heavy atom. The lowest BCUT2D eigenvalue weighted by Crippen LogP contribution is -2.15. The van der Waals surface area contributed by atoms with E-state index in [9.17, 15) is 0 Å². The molecule has 0 bridgehead atoms. The lowest BCUT2D eigenvalue weighted by molar-refractivity contribution is 0.661. The molecule has 7 aromatic rings. The topological polar surface area (TPSA) is 30.9 Å². The third-order valence-electron chi connectivity index (χ3n) is 9.49. The lowest BCUT2D eigenvalue weighted by atomic mass is 9.81. The number of anilines is 1. The maximum atomic E-state index is 6.63. The van der Waals surface area contributed by atoms with Gasteiger partial charge in [-0.05, 0) is 70.1 Å². The zero-order valence-electron chi connectivity index (χ0n) is 25.3. The summed E-state index contributed by atoms with van der Waals surface area (Å²) in [5, 5.41) is 2.60. The molecule has 0 aliphatic heterocycles. The second kappa shape index (κ2) is 9.86. The van der Waals surface area contributed by atoms with Crippen LogP contribution in [0.1, 0.15) is 37.5 Å². The number of hydrogen-bond acceptors (Lipinski definition) is 1. The van der Waals surface area contributed by atoms with E-state index in [0.29, 0.717) is 0 Å². The minimum absolute atomic E-state index is 0.119. The van der Waals surface area contributed by atoms with Crippen molar-refractivity contribution in [2.75, 3.05) is 5.73 Å². The number of benzene rings is 6. The summed E-state index contributed by atoms with van der Waals surface area (Å²) in [6, 6.07) is 46.3. The largest absolute Gasteiger partial charge is 0.398 e. The van der Waals surface area contributed by atoms with Crippen molar-refractivity contribution in [3.63, 3.8) is 0 Å². The first-order valence-corrected chi connectivity index (χ1v) is 15.4. The van der Waals surface area contributed by atoms with Crippen LogP contribution in [0.4, 0.5) is 5.69 Å². The van der Waals surface area contributed by atoms with Crippen molar-refractivity contribution in [1.82, 2.24) is 4.57 Å². The Labute approximate surface area is 258 Å². The van der Waals surface area contributed by atoms with Gasteiger partial charge in [-0.3, -0.25) is 0 Å². The Hall–Kier alpha value is -5.34. The summed E-state index contributed by atoms with van der Waals surface area (Å²) in [7, 11) is 0. The van der Waals surface area contributed by atoms with Crippen LogP contribution in [0.15, 0.2) is 133 Å². The lowest BCUT2D eigenvalue weighted by Gasteiger charge is -2.23. The van der Waals surface area contributed by atoms with Crippen LogP contribution < -0.4 is 5.73 Å². The molecule has 2 heteroatoms. The van der Waals surface area contributed by atoms with Crippen LogP contribution in [0.2, 0.25) is 0 Å². The molecule has 0 amide bonds. The molecule has 1 aliphatic rings. The van der Waals surface area contributed by atoms with Crippen molar-refractivity contribution in [3.05, 3.63) is 150 Å². The SMILES string of the molecule is C/C=C\c1cccc(-c2ccc(-c3cc4c(c5c6ccccc6n(-c6ccccc6)c35)-c3ccccc3C4(C)C)cc2)c1N. The number of hydrogen-bond donors (Lipinski definition) is 1. The van der Waals surface area contributed by atoms with Crippen LogP contribution in [-0.4, -0.2) is 4.57 Å². The third kappa shape index (κ3) is 3.74. The van der Waals surface area contributed by atoms with Crippen molar-refractivity contribution in [2.24, 2.45) is 0 Å². The number of nitrogens with two attached hydrogens (primary N) is 1. The summed E-state index contributed by atoms with van der Waals surface area (Å²) in [4.78, 5) is 0. The van der Waals surface area contributed by atoms with Crippen LogP contribution in [0.25, 0.3) is 66.9 Å². The van der Waals surface area contributed by atoms with E-state index in [-0.39, 0.29) is 5.41 Å². The minimum atomic E-state index is -0.119. The number of allylic oxidation sites excluding steroid dienone is 1. The van der Waals surface area contributed by atoms with Crippen LogP contribution in [0, 0.1) is 0 Å². The summed E-state index contributed by atoms with van der Waals surface area (Å²) >= 11 is 0. The molecule has 1 heterocycles. The Balaban J connectivity index is 1.46. The predicted octanol–water partition coefficient (Wildman–Crippen LogP) is 11.0. The first kappa shape index (κ1) is 26.3. The molecule has 8 rings (SSSR count). The molecule has 2 nitrogen and oxygen atoms in total. The highest BCUT2D eigenvalue weighted by Gasteiger charge is 2.38. The number of para-hydroxylation sites is 3. The van der Waals surface area contributed by atoms with Gasteiger partial charge in [-0.1, -0.05) is 129 Å². The standard InChI is InChI=1S/C42H34N2/c1-4-13-29-14-12-19-31(40(29)43)27-22-24-28(25-23-27)34-26-36-38(32-17-8-10-20-35(32)42(36,2)3)39-33-18-9-11-21-37(33)44(41(34)39)30-15-6-5-7-16-30/h4-26H,43H2,1-3H3/b13-4-. The van der Waals surface area contributed by atoms with E-state index in [0.717, 1.165) is 28.1 Å². The summed E-state index contributed by atoms with van der Waals surface area (Å²) in [6.07, 6.45) is 4.10. The normalized spacial score (nSPS) is 13.5. The second-order valence-electron chi connectivity index (χ2n) is 12.3. The first-order chi connectivity index (χ1) is 21.5. The molecule has 1 aliphatic carbocycles.